The summed E-state index contributed by atoms with van der Waals surface area (Å²) in [7, 11) is 0. The van der Waals surface area contributed by atoms with Crippen molar-refractivity contribution < 1.29 is 4.39 Å². The van der Waals surface area contributed by atoms with Crippen LogP contribution in [0.1, 0.15) is 28.4 Å². The SMILES string of the molecule is Cc1c(Cc2c(Cl)cccc2Cl)nn(CC(N)c2ccccc2)c(=O)c1-c1ccccc1F. The zero-order valence-electron chi connectivity index (χ0n) is 17.9. The highest BCUT2D eigenvalue weighted by Gasteiger charge is 2.21. The largest absolute Gasteiger partial charge is 0.322 e. The summed E-state index contributed by atoms with van der Waals surface area (Å²) in [6, 6.07) is 20.5. The number of hydrogen-bond donors (Lipinski definition) is 1. The van der Waals surface area contributed by atoms with Crippen molar-refractivity contribution in [1.82, 2.24) is 9.78 Å². The van der Waals surface area contributed by atoms with Crippen molar-refractivity contribution in [3.05, 3.63) is 121 Å². The number of benzene rings is 3. The first-order valence-corrected chi connectivity index (χ1v) is 11.2. The molecule has 168 valence electrons. The molecule has 7 heteroatoms. The van der Waals surface area contributed by atoms with Gasteiger partial charge in [-0.25, -0.2) is 9.07 Å². The van der Waals surface area contributed by atoms with Crippen LogP contribution in [0.15, 0.2) is 77.6 Å². The van der Waals surface area contributed by atoms with Crippen molar-refractivity contribution >= 4 is 23.2 Å². The molecule has 1 aromatic heterocycles. The smallest absolute Gasteiger partial charge is 0.275 e. The molecule has 4 nitrogen and oxygen atoms in total. The second-order valence-corrected chi connectivity index (χ2v) is 8.62. The fraction of sp³-hybridized carbons (Fsp3) is 0.154. The Kier molecular flexibility index (Phi) is 6.94. The van der Waals surface area contributed by atoms with Crippen molar-refractivity contribution in [2.75, 3.05) is 0 Å². The molecule has 1 atom stereocenters. The number of rotatable bonds is 6. The van der Waals surface area contributed by atoms with Crippen molar-refractivity contribution in [2.45, 2.75) is 25.9 Å². The Morgan fingerprint density at radius 2 is 1.61 bits per heavy atom. The van der Waals surface area contributed by atoms with Gasteiger partial charge in [0.15, 0.2) is 0 Å². The molecule has 0 fully saturated rings. The molecule has 3 aromatic carbocycles. The molecule has 0 bridgehead atoms. The van der Waals surface area contributed by atoms with Gasteiger partial charge in [0.1, 0.15) is 5.82 Å². The zero-order valence-corrected chi connectivity index (χ0v) is 19.4. The Labute approximate surface area is 201 Å². The van der Waals surface area contributed by atoms with E-state index in [4.69, 9.17) is 28.9 Å². The first-order chi connectivity index (χ1) is 15.9. The van der Waals surface area contributed by atoms with Crippen LogP contribution in [0.25, 0.3) is 11.1 Å². The lowest BCUT2D eigenvalue weighted by Crippen LogP contribution is -2.32. The Balaban J connectivity index is 1.87. The van der Waals surface area contributed by atoms with Gasteiger partial charge in [-0.15, -0.1) is 0 Å². The minimum atomic E-state index is -0.482. The Morgan fingerprint density at radius 1 is 0.970 bits per heavy atom. The molecule has 2 N–H and O–H groups in total. The molecule has 0 amide bonds. The van der Waals surface area contributed by atoms with E-state index in [1.807, 2.05) is 30.3 Å². The van der Waals surface area contributed by atoms with Gasteiger partial charge in [0.25, 0.3) is 5.56 Å². The average Bonchev–Trinajstić information content (AvgIpc) is 2.81. The quantitative estimate of drug-likeness (QED) is 0.369. The minimum Gasteiger partial charge on any atom is -0.322 e. The van der Waals surface area contributed by atoms with Gasteiger partial charge in [-0.05, 0) is 41.8 Å². The summed E-state index contributed by atoms with van der Waals surface area (Å²) in [5.41, 5.74) is 9.16. The third kappa shape index (κ3) is 4.86. The molecule has 0 radical (unpaired) electrons. The second-order valence-electron chi connectivity index (χ2n) is 7.81. The summed E-state index contributed by atoms with van der Waals surface area (Å²) in [6.07, 6.45) is 0.284. The Morgan fingerprint density at radius 3 is 2.27 bits per heavy atom. The maximum Gasteiger partial charge on any atom is 0.275 e. The van der Waals surface area contributed by atoms with Crippen molar-refractivity contribution in [3.63, 3.8) is 0 Å². The lowest BCUT2D eigenvalue weighted by atomic mass is 9.97. The van der Waals surface area contributed by atoms with E-state index in [9.17, 15) is 9.18 Å². The summed E-state index contributed by atoms with van der Waals surface area (Å²) < 4.78 is 16.1. The monoisotopic (exact) mass is 481 g/mol. The highest BCUT2D eigenvalue weighted by molar-refractivity contribution is 6.36. The minimum absolute atomic E-state index is 0.133. The molecule has 4 aromatic rings. The van der Waals surface area contributed by atoms with Crippen LogP contribution in [-0.2, 0) is 13.0 Å². The van der Waals surface area contributed by atoms with Crippen LogP contribution in [0.3, 0.4) is 0 Å². The number of aromatic nitrogens is 2. The lowest BCUT2D eigenvalue weighted by molar-refractivity contribution is 0.497. The average molecular weight is 482 g/mol. The van der Waals surface area contributed by atoms with E-state index in [1.165, 1.54) is 10.7 Å². The van der Waals surface area contributed by atoms with Crippen LogP contribution in [-0.4, -0.2) is 9.78 Å². The van der Waals surface area contributed by atoms with Gasteiger partial charge in [0.05, 0.1) is 17.8 Å². The van der Waals surface area contributed by atoms with Crippen LogP contribution in [0.2, 0.25) is 10.0 Å². The van der Waals surface area contributed by atoms with Gasteiger partial charge < -0.3 is 5.73 Å². The summed E-state index contributed by atoms with van der Waals surface area (Å²) in [4.78, 5) is 13.5. The summed E-state index contributed by atoms with van der Waals surface area (Å²) >= 11 is 12.8. The van der Waals surface area contributed by atoms with Crippen LogP contribution < -0.4 is 11.3 Å². The molecule has 1 heterocycles. The van der Waals surface area contributed by atoms with Gasteiger partial charge in [0.2, 0.25) is 0 Å². The van der Waals surface area contributed by atoms with E-state index in [-0.39, 0.29) is 24.1 Å². The summed E-state index contributed by atoms with van der Waals surface area (Å²) in [5.74, 6) is -0.482. The van der Waals surface area contributed by atoms with Crippen LogP contribution in [0.5, 0.6) is 0 Å². The van der Waals surface area contributed by atoms with Crippen LogP contribution in [0, 0.1) is 12.7 Å². The summed E-state index contributed by atoms with van der Waals surface area (Å²) in [5, 5.41) is 5.61. The van der Waals surface area contributed by atoms with E-state index >= 15 is 0 Å². The van der Waals surface area contributed by atoms with E-state index in [0.29, 0.717) is 26.9 Å². The molecule has 4 rings (SSSR count). The third-order valence-electron chi connectivity index (χ3n) is 5.64. The fourth-order valence-electron chi connectivity index (χ4n) is 3.83. The van der Waals surface area contributed by atoms with E-state index < -0.39 is 17.4 Å². The van der Waals surface area contributed by atoms with Crippen molar-refractivity contribution in [1.29, 1.82) is 0 Å². The van der Waals surface area contributed by atoms with Crippen LogP contribution in [0.4, 0.5) is 4.39 Å². The maximum absolute atomic E-state index is 14.7. The predicted octanol–water partition coefficient (Wildman–Crippen LogP) is 5.96. The maximum atomic E-state index is 14.7. The number of nitrogens with two attached hydrogens (primary N) is 1. The zero-order chi connectivity index (χ0) is 23.5. The van der Waals surface area contributed by atoms with Gasteiger partial charge in [-0.1, -0.05) is 77.8 Å². The van der Waals surface area contributed by atoms with E-state index in [0.717, 1.165) is 5.56 Å². The van der Waals surface area contributed by atoms with Crippen molar-refractivity contribution in [3.8, 4) is 11.1 Å². The number of halogens is 3. The molecule has 0 aliphatic rings. The summed E-state index contributed by atoms with van der Waals surface area (Å²) in [6.45, 7) is 1.89. The molecule has 0 saturated carbocycles. The standard InChI is InChI=1S/C26H22Cl2FN3O/c1-16-24(14-19-20(27)11-7-12-21(19)28)31-32(15-23(30)17-8-3-2-4-9-17)26(33)25(16)18-10-5-6-13-22(18)29/h2-13,23H,14-15,30H2,1H3. The van der Waals surface area contributed by atoms with E-state index in [1.54, 1.807) is 43.3 Å². The molecule has 0 spiro atoms. The molecule has 33 heavy (non-hydrogen) atoms. The fourth-order valence-corrected chi connectivity index (χ4v) is 4.36. The number of nitrogens with zero attached hydrogens (tertiary/aromatic N) is 2. The topological polar surface area (TPSA) is 60.9 Å². The molecular weight excluding hydrogens is 460 g/mol. The van der Waals surface area contributed by atoms with E-state index in [2.05, 4.69) is 5.10 Å². The highest BCUT2D eigenvalue weighted by atomic mass is 35.5. The Bertz CT molecular complexity index is 1340. The van der Waals surface area contributed by atoms with Gasteiger partial charge in [0, 0.05) is 28.1 Å². The second kappa shape index (κ2) is 9.87. The first kappa shape index (κ1) is 23.2. The highest BCUT2D eigenvalue weighted by Crippen LogP contribution is 2.30. The normalized spacial score (nSPS) is 12.0. The Hall–Kier alpha value is -2.99. The predicted molar refractivity (Wildman–Crippen MR) is 131 cm³/mol. The van der Waals surface area contributed by atoms with Crippen LogP contribution >= 0.6 is 23.2 Å². The first-order valence-electron chi connectivity index (χ1n) is 10.5. The van der Waals surface area contributed by atoms with Gasteiger partial charge in [-0.3, -0.25) is 4.79 Å². The molecule has 1 unspecified atom stereocenters. The number of hydrogen-bond acceptors (Lipinski definition) is 3. The van der Waals surface area contributed by atoms with Gasteiger partial charge in [-0.2, -0.15) is 5.10 Å². The van der Waals surface area contributed by atoms with Gasteiger partial charge >= 0.3 is 0 Å². The molecular formula is C26H22Cl2FN3O. The third-order valence-corrected chi connectivity index (χ3v) is 6.35. The molecule has 0 aliphatic heterocycles. The van der Waals surface area contributed by atoms with Crippen molar-refractivity contribution in [2.24, 2.45) is 5.73 Å². The molecule has 0 saturated heterocycles. The lowest BCUT2D eigenvalue weighted by Gasteiger charge is -2.18. The molecule has 0 aliphatic carbocycles.